The van der Waals surface area contributed by atoms with Gasteiger partial charge in [0.1, 0.15) is 6.04 Å². The Morgan fingerprint density at radius 2 is 2.50 bits per heavy atom. The van der Waals surface area contributed by atoms with Crippen LogP contribution in [0.25, 0.3) is 0 Å². The molecule has 4 nitrogen and oxygen atoms in total. The first kappa shape index (κ1) is 13.2. The fourth-order valence-corrected chi connectivity index (χ4v) is 1.31. The highest BCUT2D eigenvalue weighted by Crippen LogP contribution is 2.14. The van der Waals surface area contributed by atoms with Crippen molar-refractivity contribution in [2.45, 2.75) is 25.0 Å². The molecule has 0 radical (unpaired) electrons. The highest BCUT2D eigenvalue weighted by atomic mass is 35.5. The molecule has 2 atom stereocenters. The third kappa shape index (κ3) is 3.54. The quantitative estimate of drug-likeness (QED) is 0.638. The first-order valence-electron chi connectivity index (χ1n) is 4.34. The summed E-state index contributed by atoms with van der Waals surface area (Å²) in [6, 6.07) is -0.587. The smallest absolute Gasteiger partial charge is 0.240 e. The molecule has 5 heteroatoms. The Morgan fingerprint density at radius 3 is 3.00 bits per heavy atom. The van der Waals surface area contributed by atoms with Gasteiger partial charge in [-0.1, -0.05) is 5.92 Å². The molecule has 0 aliphatic carbocycles. The van der Waals surface area contributed by atoms with E-state index in [4.69, 9.17) is 16.9 Å². The standard InChI is InChI=1S/C9H14N2O2.ClH/c1-2-5-11-9(12)8(10)7-4-3-6-13-7;/h1,7-8H,3-6,10H2,(H,11,12);1H. The third-order valence-corrected chi connectivity index (χ3v) is 2.03. The van der Waals surface area contributed by atoms with Gasteiger partial charge in [0.25, 0.3) is 0 Å². The zero-order chi connectivity index (χ0) is 9.68. The molecule has 2 unspecified atom stereocenters. The van der Waals surface area contributed by atoms with E-state index < -0.39 is 6.04 Å². The molecule has 1 amide bonds. The molecule has 0 saturated carbocycles. The third-order valence-electron chi connectivity index (χ3n) is 2.03. The van der Waals surface area contributed by atoms with Gasteiger partial charge in [0.15, 0.2) is 0 Å². The molecule has 0 spiro atoms. The molecule has 80 valence electrons. The average Bonchev–Trinajstić information content (AvgIpc) is 2.65. The van der Waals surface area contributed by atoms with E-state index in [0.717, 1.165) is 12.8 Å². The maximum atomic E-state index is 11.3. The fourth-order valence-electron chi connectivity index (χ4n) is 1.31. The lowest BCUT2D eigenvalue weighted by Crippen LogP contribution is -2.48. The van der Waals surface area contributed by atoms with Crippen LogP contribution in [0.15, 0.2) is 0 Å². The number of amides is 1. The lowest BCUT2D eigenvalue weighted by atomic mass is 10.1. The van der Waals surface area contributed by atoms with Crippen LogP contribution >= 0.6 is 12.4 Å². The number of ether oxygens (including phenoxy) is 1. The molecule has 3 N–H and O–H groups in total. The molecular formula is C9H15ClN2O2. The predicted octanol–water partition coefficient (Wildman–Crippen LogP) is -0.336. The van der Waals surface area contributed by atoms with Crippen LogP contribution in [0.1, 0.15) is 12.8 Å². The van der Waals surface area contributed by atoms with E-state index in [9.17, 15) is 4.79 Å². The summed E-state index contributed by atoms with van der Waals surface area (Å²) in [4.78, 5) is 11.3. The van der Waals surface area contributed by atoms with Gasteiger partial charge in [-0.3, -0.25) is 4.79 Å². The maximum Gasteiger partial charge on any atom is 0.240 e. The van der Waals surface area contributed by atoms with Gasteiger partial charge in [0, 0.05) is 6.61 Å². The summed E-state index contributed by atoms with van der Waals surface area (Å²) in [5, 5.41) is 2.53. The molecule has 0 aromatic carbocycles. The number of halogens is 1. The summed E-state index contributed by atoms with van der Waals surface area (Å²) in [5.41, 5.74) is 5.66. The number of hydrogen-bond donors (Lipinski definition) is 2. The first-order valence-corrected chi connectivity index (χ1v) is 4.34. The van der Waals surface area contributed by atoms with Crippen molar-refractivity contribution in [3.63, 3.8) is 0 Å². The molecule has 0 aromatic rings. The zero-order valence-electron chi connectivity index (χ0n) is 7.86. The molecule has 1 heterocycles. The normalized spacial score (nSPS) is 21.9. The summed E-state index contributed by atoms with van der Waals surface area (Å²) >= 11 is 0. The van der Waals surface area contributed by atoms with E-state index in [-0.39, 0.29) is 31.0 Å². The van der Waals surface area contributed by atoms with E-state index in [1.54, 1.807) is 0 Å². The second kappa shape index (κ2) is 6.66. The molecular weight excluding hydrogens is 204 g/mol. The zero-order valence-corrected chi connectivity index (χ0v) is 8.68. The van der Waals surface area contributed by atoms with Crippen LogP contribution in [0.2, 0.25) is 0 Å². The van der Waals surface area contributed by atoms with Crippen molar-refractivity contribution in [1.82, 2.24) is 5.32 Å². The summed E-state index contributed by atoms with van der Waals surface area (Å²) in [5.74, 6) is 2.08. The molecule has 1 aliphatic rings. The molecule has 0 bridgehead atoms. The van der Waals surface area contributed by atoms with Gasteiger partial charge in [-0.15, -0.1) is 18.8 Å². The van der Waals surface area contributed by atoms with Crippen LogP contribution in [0, 0.1) is 12.3 Å². The largest absolute Gasteiger partial charge is 0.376 e. The molecule has 1 aliphatic heterocycles. The maximum absolute atomic E-state index is 11.3. The van der Waals surface area contributed by atoms with Crippen molar-refractivity contribution in [2.75, 3.05) is 13.2 Å². The first-order chi connectivity index (χ1) is 6.25. The number of rotatable bonds is 3. The number of carbonyl (C=O) groups is 1. The van der Waals surface area contributed by atoms with Gasteiger partial charge in [-0.25, -0.2) is 0 Å². The lowest BCUT2D eigenvalue weighted by molar-refractivity contribution is -0.124. The lowest BCUT2D eigenvalue weighted by Gasteiger charge is -2.16. The Bertz CT molecular complexity index is 221. The minimum atomic E-state index is -0.587. The van der Waals surface area contributed by atoms with Crippen LogP contribution in [0.3, 0.4) is 0 Å². The van der Waals surface area contributed by atoms with Gasteiger partial charge in [0.2, 0.25) is 5.91 Å². The summed E-state index contributed by atoms with van der Waals surface area (Å²) in [6.45, 7) is 0.917. The number of terminal acetylenes is 1. The second-order valence-corrected chi connectivity index (χ2v) is 3.00. The minimum Gasteiger partial charge on any atom is -0.376 e. The van der Waals surface area contributed by atoms with Gasteiger partial charge in [-0.2, -0.15) is 0 Å². The highest BCUT2D eigenvalue weighted by Gasteiger charge is 2.27. The van der Waals surface area contributed by atoms with Crippen molar-refractivity contribution >= 4 is 18.3 Å². The predicted molar refractivity (Wildman–Crippen MR) is 56.0 cm³/mol. The van der Waals surface area contributed by atoms with E-state index in [1.807, 2.05) is 0 Å². The van der Waals surface area contributed by atoms with Crippen LogP contribution in [-0.2, 0) is 9.53 Å². The van der Waals surface area contributed by atoms with Crippen LogP contribution in [0.4, 0.5) is 0 Å². The Balaban J connectivity index is 0.00000169. The van der Waals surface area contributed by atoms with E-state index >= 15 is 0 Å². The second-order valence-electron chi connectivity index (χ2n) is 3.00. The van der Waals surface area contributed by atoms with E-state index in [1.165, 1.54) is 0 Å². The number of nitrogens with two attached hydrogens (primary N) is 1. The van der Waals surface area contributed by atoms with E-state index in [2.05, 4.69) is 11.2 Å². The monoisotopic (exact) mass is 218 g/mol. The minimum absolute atomic E-state index is 0. The molecule has 1 rings (SSSR count). The Hall–Kier alpha value is -0.760. The Kier molecular flexibility index (Phi) is 6.30. The fraction of sp³-hybridized carbons (Fsp3) is 0.667. The van der Waals surface area contributed by atoms with Crippen LogP contribution in [-0.4, -0.2) is 31.2 Å². The molecule has 0 aromatic heterocycles. The van der Waals surface area contributed by atoms with Crippen LogP contribution < -0.4 is 11.1 Å². The Labute approximate surface area is 90.0 Å². The van der Waals surface area contributed by atoms with Gasteiger partial charge in [0.05, 0.1) is 12.6 Å². The van der Waals surface area contributed by atoms with Crippen molar-refractivity contribution in [1.29, 1.82) is 0 Å². The SMILES string of the molecule is C#CCNC(=O)C(N)C1CCCO1.Cl. The van der Waals surface area contributed by atoms with Gasteiger partial charge < -0.3 is 15.8 Å². The van der Waals surface area contributed by atoms with Crippen molar-refractivity contribution in [2.24, 2.45) is 5.73 Å². The molecule has 14 heavy (non-hydrogen) atoms. The van der Waals surface area contributed by atoms with Gasteiger partial charge >= 0.3 is 0 Å². The van der Waals surface area contributed by atoms with E-state index in [0.29, 0.717) is 6.61 Å². The van der Waals surface area contributed by atoms with Crippen molar-refractivity contribution in [3.8, 4) is 12.3 Å². The number of carbonyl (C=O) groups excluding carboxylic acids is 1. The summed E-state index contributed by atoms with van der Waals surface area (Å²) < 4.78 is 5.28. The Morgan fingerprint density at radius 1 is 1.79 bits per heavy atom. The van der Waals surface area contributed by atoms with Crippen LogP contribution in [0.5, 0.6) is 0 Å². The van der Waals surface area contributed by atoms with Gasteiger partial charge in [-0.05, 0) is 12.8 Å². The summed E-state index contributed by atoms with van der Waals surface area (Å²) in [7, 11) is 0. The topological polar surface area (TPSA) is 64.4 Å². The number of hydrogen-bond acceptors (Lipinski definition) is 3. The highest BCUT2D eigenvalue weighted by molar-refractivity contribution is 5.85. The molecule has 1 saturated heterocycles. The van der Waals surface area contributed by atoms with Crippen molar-refractivity contribution in [3.05, 3.63) is 0 Å². The average molecular weight is 219 g/mol. The summed E-state index contributed by atoms with van der Waals surface area (Å²) in [6.07, 6.45) is 6.68. The number of nitrogens with one attached hydrogen (secondary N) is 1. The molecule has 1 fully saturated rings. The van der Waals surface area contributed by atoms with Crippen molar-refractivity contribution < 1.29 is 9.53 Å².